The lowest BCUT2D eigenvalue weighted by Crippen LogP contribution is -1.94. The third kappa shape index (κ3) is 0.485. The third-order valence-electron chi connectivity index (χ3n) is 1.61. The molecule has 0 saturated heterocycles. The van der Waals surface area contributed by atoms with Gasteiger partial charge in [0.2, 0.25) is 12.5 Å². The second-order valence-corrected chi connectivity index (χ2v) is 2.23. The van der Waals surface area contributed by atoms with Crippen LogP contribution >= 0.6 is 0 Å². The molecule has 1 aliphatic heterocycles. The molecule has 2 aromatic heterocycles. The molecule has 0 spiro atoms. The van der Waals surface area contributed by atoms with E-state index < -0.39 is 0 Å². The predicted octanol–water partition coefficient (Wildman–Crippen LogP) is 0.885. The monoisotopic (exact) mass is 152 g/mol. The lowest BCUT2D eigenvalue weighted by atomic mass is 10.5. The molecular weight excluding hydrogens is 148 g/mol. The number of fused-ring (bicyclic) bond motifs is 3. The van der Waals surface area contributed by atoms with Gasteiger partial charge in [-0.15, -0.1) is 0 Å². The molecule has 1 aliphatic rings. The minimum absolute atomic E-state index is 0.225. The highest BCUT2D eigenvalue weighted by Crippen LogP contribution is 2.40. The molecule has 0 fully saturated rings. The largest absolute Gasteiger partial charge is 0.447 e. The molecule has 1 N–H and O–H groups in total. The van der Waals surface area contributed by atoms with E-state index in [4.69, 9.17) is 13.9 Å². The van der Waals surface area contributed by atoms with Crippen LogP contribution in [0.2, 0.25) is 0 Å². The van der Waals surface area contributed by atoms with Crippen LogP contribution in [-0.4, -0.2) is 17.0 Å². The van der Waals surface area contributed by atoms with Gasteiger partial charge >= 0.3 is 5.95 Å². The highest BCUT2D eigenvalue weighted by Gasteiger charge is 2.23. The zero-order valence-electron chi connectivity index (χ0n) is 5.46. The normalized spacial score (nSPS) is 14.5. The maximum Gasteiger partial charge on any atom is 0.334 e. The molecule has 0 atom stereocenters. The minimum Gasteiger partial charge on any atom is -0.447 e. The number of H-pyrrole nitrogens is 1. The highest BCUT2D eigenvalue weighted by atomic mass is 16.7. The summed E-state index contributed by atoms with van der Waals surface area (Å²) in [5, 5.41) is 6.54. The van der Waals surface area contributed by atoms with Crippen LogP contribution in [0.4, 0.5) is 0 Å². The number of hydrogen-bond acceptors (Lipinski definition) is 4. The molecule has 0 aromatic carbocycles. The summed E-state index contributed by atoms with van der Waals surface area (Å²) in [4.78, 5) is 0. The van der Waals surface area contributed by atoms with Crippen molar-refractivity contribution in [1.29, 1.82) is 0 Å². The zero-order valence-corrected chi connectivity index (χ0v) is 5.46. The SMILES string of the molecule is c1n[nH]c2c3c(oc12)OCO3. The summed E-state index contributed by atoms with van der Waals surface area (Å²) in [5.74, 6) is 1.06. The summed E-state index contributed by atoms with van der Waals surface area (Å²) in [5.41, 5.74) is 1.42. The maximum absolute atomic E-state index is 5.21. The van der Waals surface area contributed by atoms with Crippen molar-refractivity contribution in [3.8, 4) is 11.7 Å². The number of rotatable bonds is 0. The van der Waals surface area contributed by atoms with E-state index in [9.17, 15) is 0 Å². The Labute approximate surface area is 60.9 Å². The molecule has 0 amide bonds. The molecule has 5 nitrogen and oxygen atoms in total. The first-order valence-electron chi connectivity index (χ1n) is 3.16. The Hall–Kier alpha value is -1.65. The van der Waals surface area contributed by atoms with Crippen molar-refractivity contribution in [3.05, 3.63) is 6.20 Å². The van der Waals surface area contributed by atoms with E-state index in [1.54, 1.807) is 6.20 Å². The van der Waals surface area contributed by atoms with Crippen LogP contribution in [0.3, 0.4) is 0 Å². The molecule has 0 bridgehead atoms. The second kappa shape index (κ2) is 1.50. The van der Waals surface area contributed by atoms with Crippen LogP contribution in [-0.2, 0) is 0 Å². The molecule has 56 valence electrons. The van der Waals surface area contributed by atoms with Crippen LogP contribution in [0.5, 0.6) is 11.7 Å². The molecular formula is C6H4N2O3. The molecule has 0 radical (unpaired) electrons. The number of aromatic nitrogens is 2. The molecule has 0 aliphatic carbocycles. The fourth-order valence-electron chi connectivity index (χ4n) is 1.13. The average molecular weight is 152 g/mol. The first-order valence-corrected chi connectivity index (χ1v) is 3.16. The minimum atomic E-state index is 0.225. The average Bonchev–Trinajstić information content (AvgIpc) is 2.52. The summed E-state index contributed by atoms with van der Waals surface area (Å²) in [6.07, 6.45) is 1.58. The van der Waals surface area contributed by atoms with Gasteiger partial charge in [0.15, 0.2) is 11.1 Å². The van der Waals surface area contributed by atoms with Gasteiger partial charge in [-0.3, -0.25) is 5.10 Å². The summed E-state index contributed by atoms with van der Waals surface area (Å²) in [7, 11) is 0. The van der Waals surface area contributed by atoms with Crippen LogP contribution in [0, 0.1) is 0 Å². The quantitative estimate of drug-likeness (QED) is 0.608. The number of ether oxygens (including phenoxy) is 2. The molecule has 11 heavy (non-hydrogen) atoms. The van der Waals surface area contributed by atoms with E-state index in [-0.39, 0.29) is 6.79 Å². The second-order valence-electron chi connectivity index (χ2n) is 2.23. The maximum atomic E-state index is 5.21. The Bertz CT molecular complexity index is 403. The van der Waals surface area contributed by atoms with Gasteiger partial charge in [0.25, 0.3) is 0 Å². The Morgan fingerprint density at radius 3 is 3.45 bits per heavy atom. The standard InChI is InChI=1S/C6H4N2O3/c1-3-4(8-7-1)5-6(11-3)10-2-9-5/h1H,2H2,(H,7,8). The van der Waals surface area contributed by atoms with Gasteiger partial charge in [0.1, 0.15) is 0 Å². The molecule has 0 unspecified atom stereocenters. The number of nitrogens with zero attached hydrogens (tertiary/aromatic N) is 1. The van der Waals surface area contributed by atoms with Crippen molar-refractivity contribution in [2.24, 2.45) is 0 Å². The van der Waals surface area contributed by atoms with Gasteiger partial charge in [0, 0.05) is 0 Å². The summed E-state index contributed by atoms with van der Waals surface area (Å²) in [6, 6.07) is 0. The Balaban J connectivity index is 2.46. The number of hydrogen-bond donors (Lipinski definition) is 1. The van der Waals surface area contributed by atoms with Gasteiger partial charge < -0.3 is 13.9 Å². The fraction of sp³-hybridized carbons (Fsp3) is 0.167. The smallest absolute Gasteiger partial charge is 0.334 e. The molecule has 3 heterocycles. The fourth-order valence-corrected chi connectivity index (χ4v) is 1.13. The third-order valence-corrected chi connectivity index (χ3v) is 1.61. The predicted molar refractivity (Wildman–Crippen MR) is 34.5 cm³/mol. The lowest BCUT2D eigenvalue weighted by molar-refractivity contribution is 0.154. The van der Waals surface area contributed by atoms with E-state index in [1.165, 1.54) is 0 Å². The Morgan fingerprint density at radius 2 is 2.45 bits per heavy atom. The van der Waals surface area contributed by atoms with E-state index >= 15 is 0 Å². The first-order chi connectivity index (χ1) is 5.45. The van der Waals surface area contributed by atoms with Gasteiger partial charge in [0.05, 0.1) is 6.20 Å². The van der Waals surface area contributed by atoms with Crippen molar-refractivity contribution in [3.63, 3.8) is 0 Å². The van der Waals surface area contributed by atoms with Gasteiger partial charge in [-0.25, -0.2) is 0 Å². The van der Waals surface area contributed by atoms with Crippen molar-refractivity contribution in [2.75, 3.05) is 6.79 Å². The van der Waals surface area contributed by atoms with Gasteiger partial charge in [-0.1, -0.05) is 0 Å². The van der Waals surface area contributed by atoms with E-state index in [2.05, 4.69) is 10.2 Å². The van der Waals surface area contributed by atoms with Gasteiger partial charge in [-0.05, 0) is 0 Å². The molecule has 5 heteroatoms. The Morgan fingerprint density at radius 1 is 1.45 bits per heavy atom. The van der Waals surface area contributed by atoms with Crippen LogP contribution in [0.1, 0.15) is 0 Å². The molecule has 0 saturated carbocycles. The highest BCUT2D eigenvalue weighted by molar-refractivity contribution is 5.82. The number of nitrogens with one attached hydrogen (secondary N) is 1. The molecule has 3 rings (SSSR count). The van der Waals surface area contributed by atoms with Crippen molar-refractivity contribution >= 4 is 11.1 Å². The van der Waals surface area contributed by atoms with E-state index in [1.807, 2.05) is 0 Å². The number of aromatic amines is 1. The summed E-state index contributed by atoms with van der Waals surface area (Å²) < 4.78 is 15.3. The van der Waals surface area contributed by atoms with E-state index in [0.717, 1.165) is 5.52 Å². The van der Waals surface area contributed by atoms with Crippen LogP contribution in [0.25, 0.3) is 11.1 Å². The lowest BCUT2D eigenvalue weighted by Gasteiger charge is -1.87. The van der Waals surface area contributed by atoms with Crippen LogP contribution < -0.4 is 9.47 Å². The topological polar surface area (TPSA) is 60.3 Å². The number of furan rings is 1. The molecule has 2 aromatic rings. The van der Waals surface area contributed by atoms with Crippen molar-refractivity contribution in [1.82, 2.24) is 10.2 Å². The first kappa shape index (κ1) is 5.06. The van der Waals surface area contributed by atoms with E-state index in [0.29, 0.717) is 17.3 Å². The van der Waals surface area contributed by atoms with Gasteiger partial charge in [-0.2, -0.15) is 5.10 Å². The zero-order chi connectivity index (χ0) is 7.26. The Kier molecular flexibility index (Phi) is 0.689. The summed E-state index contributed by atoms with van der Waals surface area (Å²) >= 11 is 0. The summed E-state index contributed by atoms with van der Waals surface area (Å²) in [6.45, 7) is 0.225. The van der Waals surface area contributed by atoms with Crippen molar-refractivity contribution in [2.45, 2.75) is 0 Å². The van der Waals surface area contributed by atoms with Crippen LogP contribution in [0.15, 0.2) is 10.6 Å². The van der Waals surface area contributed by atoms with Crippen molar-refractivity contribution < 1.29 is 13.9 Å².